The van der Waals surface area contributed by atoms with Gasteiger partial charge in [-0.2, -0.15) is 0 Å². The Morgan fingerprint density at radius 2 is 2.11 bits per heavy atom. The number of carbonyl (C=O) groups excluding carboxylic acids is 1. The minimum atomic E-state index is 0.110. The van der Waals surface area contributed by atoms with Crippen LogP contribution in [0.5, 0.6) is 0 Å². The molecule has 1 atom stereocenters. The number of aromatic nitrogens is 5. The third kappa shape index (κ3) is 4.53. The van der Waals surface area contributed by atoms with Crippen molar-refractivity contribution < 1.29 is 9.53 Å². The zero-order valence-corrected chi connectivity index (χ0v) is 16.1. The topological polar surface area (TPSA) is 89.3 Å². The number of pyridine rings is 1. The highest BCUT2D eigenvalue weighted by Gasteiger charge is 2.30. The maximum absolute atomic E-state index is 12.8. The van der Waals surface area contributed by atoms with E-state index in [-0.39, 0.29) is 11.9 Å². The number of rotatable bonds is 7. The van der Waals surface area contributed by atoms with Crippen LogP contribution in [0.4, 0.5) is 0 Å². The molecule has 0 aromatic carbocycles. The normalized spacial score (nSPS) is 20.6. The van der Waals surface area contributed by atoms with Crippen molar-refractivity contribution in [3.63, 3.8) is 0 Å². The van der Waals surface area contributed by atoms with Gasteiger partial charge in [0.25, 0.3) is 0 Å². The largest absolute Gasteiger partial charge is 0.379 e. The van der Waals surface area contributed by atoms with Crippen LogP contribution in [0.3, 0.4) is 0 Å². The van der Waals surface area contributed by atoms with Gasteiger partial charge < -0.3 is 9.64 Å². The zero-order valence-electron chi connectivity index (χ0n) is 16.1. The molecule has 2 aliphatic rings. The predicted octanol–water partition coefficient (Wildman–Crippen LogP) is 1.04. The molecule has 4 rings (SSSR count). The van der Waals surface area contributed by atoms with E-state index in [0.29, 0.717) is 13.0 Å². The highest BCUT2D eigenvalue weighted by atomic mass is 16.5. The van der Waals surface area contributed by atoms with E-state index in [0.717, 1.165) is 70.2 Å². The minimum absolute atomic E-state index is 0.110. The number of nitrogens with zero attached hydrogens (tertiary/aromatic N) is 7. The Labute approximate surface area is 164 Å². The van der Waals surface area contributed by atoms with Crippen LogP contribution in [0.25, 0.3) is 0 Å². The quantitative estimate of drug-likeness (QED) is 0.704. The fraction of sp³-hybridized carbons (Fsp3) is 0.632. The molecule has 9 heteroatoms. The van der Waals surface area contributed by atoms with Crippen LogP contribution >= 0.6 is 0 Å². The summed E-state index contributed by atoms with van der Waals surface area (Å²) in [6, 6.07) is 6.01. The second-order valence-corrected chi connectivity index (χ2v) is 7.31. The van der Waals surface area contributed by atoms with Crippen LogP contribution in [-0.2, 0) is 22.6 Å². The zero-order chi connectivity index (χ0) is 19.2. The van der Waals surface area contributed by atoms with E-state index in [9.17, 15) is 4.79 Å². The first-order valence-corrected chi connectivity index (χ1v) is 10.1. The van der Waals surface area contributed by atoms with Gasteiger partial charge in [0, 0.05) is 38.8 Å². The molecule has 4 heterocycles. The fourth-order valence-corrected chi connectivity index (χ4v) is 3.94. The number of morpholine rings is 1. The molecule has 28 heavy (non-hydrogen) atoms. The van der Waals surface area contributed by atoms with Gasteiger partial charge in [-0.05, 0) is 41.8 Å². The van der Waals surface area contributed by atoms with Crippen molar-refractivity contribution in [2.24, 2.45) is 0 Å². The lowest BCUT2D eigenvalue weighted by Gasteiger charge is -2.26. The third-order valence-electron chi connectivity index (χ3n) is 5.44. The third-order valence-corrected chi connectivity index (χ3v) is 5.44. The Kier molecular flexibility index (Phi) is 6.23. The SMILES string of the molecule is O=C(CCCn1nnnc1CN1CCOCC1)N1CCCC1c1ccccn1. The number of carbonyl (C=O) groups is 1. The molecule has 2 aliphatic heterocycles. The molecule has 0 bridgehead atoms. The Balaban J connectivity index is 1.28. The van der Waals surface area contributed by atoms with Crippen LogP contribution in [0.1, 0.15) is 43.2 Å². The molecule has 0 aliphatic carbocycles. The molecule has 1 amide bonds. The van der Waals surface area contributed by atoms with E-state index in [2.05, 4.69) is 25.4 Å². The number of hydrogen-bond donors (Lipinski definition) is 0. The lowest BCUT2D eigenvalue weighted by Crippen LogP contribution is -2.36. The van der Waals surface area contributed by atoms with Gasteiger partial charge in [0.1, 0.15) is 0 Å². The number of ether oxygens (including phenoxy) is 1. The second kappa shape index (κ2) is 9.20. The Bertz CT molecular complexity index is 761. The molecule has 0 radical (unpaired) electrons. The molecule has 150 valence electrons. The lowest BCUT2D eigenvalue weighted by molar-refractivity contribution is -0.132. The van der Waals surface area contributed by atoms with Crippen LogP contribution in [0.2, 0.25) is 0 Å². The summed E-state index contributed by atoms with van der Waals surface area (Å²) in [7, 11) is 0. The van der Waals surface area contributed by atoms with Gasteiger partial charge in [-0.3, -0.25) is 14.7 Å². The first kappa shape index (κ1) is 18.9. The smallest absolute Gasteiger partial charge is 0.223 e. The number of amides is 1. The van der Waals surface area contributed by atoms with Gasteiger partial charge in [-0.25, -0.2) is 4.68 Å². The standard InChI is InChI=1S/C19H27N7O2/c27-19(25-9-3-6-17(25)16-5-1-2-8-20-16)7-4-10-26-18(21-22-23-26)15-24-11-13-28-14-12-24/h1-2,5,8,17H,3-4,6-7,9-15H2. The summed E-state index contributed by atoms with van der Waals surface area (Å²) in [5.74, 6) is 1.04. The van der Waals surface area contributed by atoms with E-state index in [1.165, 1.54) is 0 Å². The molecular formula is C19H27N7O2. The summed E-state index contributed by atoms with van der Waals surface area (Å²) < 4.78 is 7.21. The van der Waals surface area contributed by atoms with Crippen molar-refractivity contribution in [3.8, 4) is 0 Å². The number of likely N-dealkylation sites (tertiary alicyclic amines) is 1. The van der Waals surface area contributed by atoms with Gasteiger partial charge in [-0.15, -0.1) is 5.10 Å². The van der Waals surface area contributed by atoms with Crippen LogP contribution in [0.15, 0.2) is 24.4 Å². The Morgan fingerprint density at radius 3 is 2.93 bits per heavy atom. The fourth-order valence-electron chi connectivity index (χ4n) is 3.94. The van der Waals surface area contributed by atoms with Crippen molar-refractivity contribution in [1.29, 1.82) is 0 Å². The van der Waals surface area contributed by atoms with Crippen LogP contribution in [-0.4, -0.2) is 73.7 Å². The van der Waals surface area contributed by atoms with Gasteiger partial charge in [-0.1, -0.05) is 6.07 Å². The van der Waals surface area contributed by atoms with Crippen molar-refractivity contribution in [1.82, 2.24) is 35.0 Å². The molecular weight excluding hydrogens is 358 g/mol. The summed E-state index contributed by atoms with van der Waals surface area (Å²) in [6.07, 6.45) is 5.04. The maximum Gasteiger partial charge on any atom is 0.223 e. The lowest BCUT2D eigenvalue weighted by atomic mass is 10.1. The van der Waals surface area contributed by atoms with Gasteiger partial charge in [0.05, 0.1) is 31.5 Å². The highest BCUT2D eigenvalue weighted by Crippen LogP contribution is 2.31. The average molecular weight is 385 g/mol. The monoisotopic (exact) mass is 385 g/mol. The van der Waals surface area contributed by atoms with E-state index in [1.807, 2.05) is 27.8 Å². The van der Waals surface area contributed by atoms with Gasteiger partial charge >= 0.3 is 0 Å². The summed E-state index contributed by atoms with van der Waals surface area (Å²) in [5.41, 5.74) is 0.988. The average Bonchev–Trinajstić information content (AvgIpc) is 3.39. The van der Waals surface area contributed by atoms with E-state index in [4.69, 9.17) is 4.74 Å². The molecule has 0 saturated carbocycles. The van der Waals surface area contributed by atoms with Crippen molar-refractivity contribution >= 4 is 5.91 Å². The minimum Gasteiger partial charge on any atom is -0.379 e. The first-order valence-electron chi connectivity index (χ1n) is 10.1. The van der Waals surface area contributed by atoms with E-state index in [1.54, 1.807) is 6.20 Å². The second-order valence-electron chi connectivity index (χ2n) is 7.31. The van der Waals surface area contributed by atoms with Gasteiger partial charge in [0.2, 0.25) is 5.91 Å². The van der Waals surface area contributed by atoms with E-state index < -0.39 is 0 Å². The van der Waals surface area contributed by atoms with Crippen molar-refractivity contribution in [2.75, 3.05) is 32.8 Å². The predicted molar refractivity (Wildman–Crippen MR) is 101 cm³/mol. The first-order chi connectivity index (χ1) is 13.8. The molecule has 2 aromatic rings. The maximum atomic E-state index is 12.8. The molecule has 2 saturated heterocycles. The summed E-state index contributed by atoms with van der Waals surface area (Å²) in [6.45, 7) is 5.49. The molecule has 2 fully saturated rings. The van der Waals surface area contributed by atoms with Crippen molar-refractivity contribution in [2.45, 2.75) is 44.8 Å². The summed E-state index contributed by atoms with van der Waals surface area (Å²) >= 11 is 0. The van der Waals surface area contributed by atoms with Crippen LogP contribution < -0.4 is 0 Å². The Hall–Kier alpha value is -2.39. The van der Waals surface area contributed by atoms with Crippen LogP contribution in [0, 0.1) is 0 Å². The van der Waals surface area contributed by atoms with Gasteiger partial charge in [0.15, 0.2) is 5.82 Å². The molecule has 9 nitrogen and oxygen atoms in total. The highest BCUT2D eigenvalue weighted by molar-refractivity contribution is 5.76. The summed E-state index contributed by atoms with van der Waals surface area (Å²) in [4.78, 5) is 21.5. The molecule has 1 unspecified atom stereocenters. The summed E-state index contributed by atoms with van der Waals surface area (Å²) in [5, 5.41) is 12.1. The number of aryl methyl sites for hydroxylation is 1. The number of hydrogen-bond acceptors (Lipinski definition) is 7. The number of tetrazole rings is 1. The molecule has 0 N–H and O–H groups in total. The van der Waals surface area contributed by atoms with E-state index >= 15 is 0 Å². The molecule has 0 spiro atoms. The molecule has 2 aromatic heterocycles. The Morgan fingerprint density at radius 1 is 1.21 bits per heavy atom. The van der Waals surface area contributed by atoms with Crippen molar-refractivity contribution in [3.05, 3.63) is 35.9 Å².